The Kier molecular flexibility index (Phi) is 5.91. The van der Waals surface area contributed by atoms with E-state index in [0.717, 1.165) is 6.07 Å². The number of benzene rings is 3. The SMILES string of the molecule is O=C(COC(=O)c1ccc(C(=O)c2ccccc2)cc1)Nc1cccc(F)c1. The summed E-state index contributed by atoms with van der Waals surface area (Å²) < 4.78 is 18.0. The van der Waals surface area contributed by atoms with Crippen molar-refractivity contribution < 1.29 is 23.5 Å². The molecule has 3 aromatic rings. The summed E-state index contributed by atoms with van der Waals surface area (Å²) in [6, 6.07) is 20.1. The highest BCUT2D eigenvalue weighted by atomic mass is 19.1. The van der Waals surface area contributed by atoms with Crippen molar-refractivity contribution in [3.8, 4) is 0 Å². The zero-order valence-corrected chi connectivity index (χ0v) is 14.7. The fourth-order valence-corrected chi connectivity index (χ4v) is 2.49. The van der Waals surface area contributed by atoms with Gasteiger partial charge in [0.15, 0.2) is 12.4 Å². The molecular weight excluding hydrogens is 361 g/mol. The van der Waals surface area contributed by atoms with Crippen LogP contribution in [0.25, 0.3) is 0 Å². The highest BCUT2D eigenvalue weighted by Gasteiger charge is 2.13. The average molecular weight is 377 g/mol. The normalized spacial score (nSPS) is 10.2. The minimum atomic E-state index is -0.701. The molecule has 3 rings (SSSR count). The van der Waals surface area contributed by atoms with Gasteiger partial charge in [-0.25, -0.2) is 9.18 Å². The number of esters is 1. The molecule has 0 unspecified atom stereocenters. The molecule has 0 spiro atoms. The number of anilines is 1. The van der Waals surface area contributed by atoms with E-state index >= 15 is 0 Å². The molecule has 1 N–H and O–H groups in total. The van der Waals surface area contributed by atoms with Crippen LogP contribution in [0.15, 0.2) is 78.9 Å². The van der Waals surface area contributed by atoms with Crippen LogP contribution in [0.5, 0.6) is 0 Å². The van der Waals surface area contributed by atoms with Gasteiger partial charge in [0, 0.05) is 16.8 Å². The number of ether oxygens (including phenoxy) is 1. The van der Waals surface area contributed by atoms with Gasteiger partial charge < -0.3 is 10.1 Å². The van der Waals surface area contributed by atoms with Crippen molar-refractivity contribution in [3.63, 3.8) is 0 Å². The molecule has 1 amide bonds. The molecule has 0 atom stereocenters. The molecule has 28 heavy (non-hydrogen) atoms. The summed E-state index contributed by atoms with van der Waals surface area (Å²) in [5.41, 5.74) is 1.46. The number of hydrogen-bond acceptors (Lipinski definition) is 4. The zero-order valence-electron chi connectivity index (χ0n) is 14.7. The molecule has 140 valence electrons. The van der Waals surface area contributed by atoms with Crippen LogP contribution in [-0.2, 0) is 9.53 Å². The van der Waals surface area contributed by atoms with Gasteiger partial charge in [0.25, 0.3) is 5.91 Å². The summed E-state index contributed by atoms with van der Waals surface area (Å²) >= 11 is 0. The first-order chi connectivity index (χ1) is 13.5. The fourth-order valence-electron chi connectivity index (χ4n) is 2.49. The van der Waals surface area contributed by atoms with Crippen LogP contribution in [0.1, 0.15) is 26.3 Å². The Bertz CT molecular complexity index is 1000. The number of ketones is 1. The summed E-state index contributed by atoms with van der Waals surface area (Å²) in [5, 5.41) is 2.43. The van der Waals surface area contributed by atoms with Crippen molar-refractivity contribution in [2.24, 2.45) is 0 Å². The molecule has 0 heterocycles. The van der Waals surface area contributed by atoms with E-state index in [1.54, 1.807) is 24.3 Å². The molecule has 0 aliphatic rings. The largest absolute Gasteiger partial charge is 0.452 e. The van der Waals surface area contributed by atoms with Crippen molar-refractivity contribution in [1.29, 1.82) is 0 Å². The minimum absolute atomic E-state index is 0.157. The lowest BCUT2D eigenvalue weighted by Gasteiger charge is -2.07. The Morgan fingerprint density at radius 1 is 0.786 bits per heavy atom. The number of nitrogens with one attached hydrogen (secondary N) is 1. The lowest BCUT2D eigenvalue weighted by molar-refractivity contribution is -0.119. The number of carbonyl (C=O) groups excluding carboxylic acids is 3. The predicted molar refractivity (Wildman–Crippen MR) is 102 cm³/mol. The summed E-state index contributed by atoms with van der Waals surface area (Å²) in [6.07, 6.45) is 0. The molecule has 0 radical (unpaired) electrons. The number of rotatable bonds is 6. The average Bonchev–Trinajstić information content (AvgIpc) is 2.72. The molecule has 6 heteroatoms. The van der Waals surface area contributed by atoms with Crippen LogP contribution < -0.4 is 5.32 Å². The molecule has 0 bridgehead atoms. The lowest BCUT2D eigenvalue weighted by atomic mass is 10.0. The van der Waals surface area contributed by atoms with E-state index in [0.29, 0.717) is 11.1 Å². The Balaban J connectivity index is 1.56. The van der Waals surface area contributed by atoms with Gasteiger partial charge in [-0.3, -0.25) is 9.59 Å². The van der Waals surface area contributed by atoms with Gasteiger partial charge in [-0.1, -0.05) is 48.5 Å². The summed E-state index contributed by atoms with van der Waals surface area (Å²) in [6.45, 7) is -0.514. The van der Waals surface area contributed by atoms with Gasteiger partial charge in [0.2, 0.25) is 0 Å². The van der Waals surface area contributed by atoms with Crippen molar-refractivity contribution >= 4 is 23.3 Å². The standard InChI is InChI=1S/C22H16FNO4/c23-18-7-4-8-19(13-18)24-20(25)14-28-22(27)17-11-9-16(10-12-17)21(26)15-5-2-1-3-6-15/h1-13H,14H2,(H,24,25). The van der Waals surface area contributed by atoms with Gasteiger partial charge in [-0.05, 0) is 30.3 Å². The molecule has 5 nitrogen and oxygen atoms in total. The van der Waals surface area contributed by atoms with Crippen LogP contribution in [0.3, 0.4) is 0 Å². The van der Waals surface area contributed by atoms with Crippen LogP contribution in [0.4, 0.5) is 10.1 Å². The first kappa shape index (κ1) is 19.0. The highest BCUT2D eigenvalue weighted by molar-refractivity contribution is 6.09. The minimum Gasteiger partial charge on any atom is -0.452 e. The summed E-state index contributed by atoms with van der Waals surface area (Å²) in [7, 11) is 0. The maximum Gasteiger partial charge on any atom is 0.338 e. The van der Waals surface area contributed by atoms with Crippen molar-refractivity contribution in [2.75, 3.05) is 11.9 Å². The zero-order chi connectivity index (χ0) is 19.9. The Morgan fingerprint density at radius 2 is 1.43 bits per heavy atom. The monoisotopic (exact) mass is 377 g/mol. The van der Waals surface area contributed by atoms with E-state index in [1.807, 2.05) is 6.07 Å². The van der Waals surface area contributed by atoms with E-state index in [2.05, 4.69) is 5.32 Å². The van der Waals surface area contributed by atoms with Gasteiger partial charge in [0.1, 0.15) is 5.82 Å². The molecule has 0 aromatic heterocycles. The quantitative estimate of drug-likeness (QED) is 0.523. The maximum atomic E-state index is 13.1. The maximum absolute atomic E-state index is 13.1. The number of amides is 1. The number of hydrogen-bond donors (Lipinski definition) is 1. The first-order valence-corrected chi connectivity index (χ1v) is 8.45. The second-order valence-electron chi connectivity index (χ2n) is 5.91. The second-order valence-corrected chi connectivity index (χ2v) is 5.91. The molecular formula is C22H16FNO4. The molecule has 0 saturated heterocycles. The molecule has 0 fully saturated rings. The van der Waals surface area contributed by atoms with Gasteiger partial charge >= 0.3 is 5.97 Å². The van der Waals surface area contributed by atoms with Crippen LogP contribution in [-0.4, -0.2) is 24.3 Å². The van der Waals surface area contributed by atoms with E-state index < -0.39 is 24.3 Å². The Hall–Kier alpha value is -3.80. The molecule has 0 saturated carbocycles. The lowest BCUT2D eigenvalue weighted by Crippen LogP contribution is -2.21. The van der Waals surface area contributed by atoms with E-state index in [-0.39, 0.29) is 17.0 Å². The van der Waals surface area contributed by atoms with Gasteiger partial charge in [-0.2, -0.15) is 0 Å². The van der Waals surface area contributed by atoms with Crippen molar-refractivity contribution in [1.82, 2.24) is 0 Å². The third-order valence-electron chi connectivity index (χ3n) is 3.86. The topological polar surface area (TPSA) is 72.5 Å². The Labute approximate surface area is 160 Å². The highest BCUT2D eigenvalue weighted by Crippen LogP contribution is 2.12. The van der Waals surface area contributed by atoms with Gasteiger partial charge in [-0.15, -0.1) is 0 Å². The van der Waals surface area contributed by atoms with Crippen molar-refractivity contribution in [3.05, 3.63) is 101 Å². The molecule has 3 aromatic carbocycles. The van der Waals surface area contributed by atoms with Gasteiger partial charge in [0.05, 0.1) is 5.56 Å². The second kappa shape index (κ2) is 8.73. The predicted octanol–water partition coefficient (Wildman–Crippen LogP) is 3.85. The van der Waals surface area contributed by atoms with Crippen LogP contribution >= 0.6 is 0 Å². The third kappa shape index (κ3) is 4.88. The van der Waals surface area contributed by atoms with E-state index in [9.17, 15) is 18.8 Å². The fraction of sp³-hybridized carbons (Fsp3) is 0.0455. The van der Waals surface area contributed by atoms with Crippen LogP contribution in [0.2, 0.25) is 0 Å². The van der Waals surface area contributed by atoms with Crippen LogP contribution in [0, 0.1) is 5.82 Å². The Morgan fingerprint density at radius 3 is 2.11 bits per heavy atom. The van der Waals surface area contributed by atoms with E-state index in [1.165, 1.54) is 42.5 Å². The first-order valence-electron chi connectivity index (χ1n) is 8.45. The van der Waals surface area contributed by atoms with Crippen molar-refractivity contribution in [2.45, 2.75) is 0 Å². The number of halogens is 1. The summed E-state index contributed by atoms with van der Waals surface area (Å²) in [4.78, 5) is 36.2. The smallest absolute Gasteiger partial charge is 0.338 e. The summed E-state index contributed by atoms with van der Waals surface area (Å²) in [5.74, 6) is -1.93. The van der Waals surface area contributed by atoms with E-state index in [4.69, 9.17) is 4.74 Å². The molecule has 0 aliphatic carbocycles. The third-order valence-corrected chi connectivity index (χ3v) is 3.86. The molecule has 0 aliphatic heterocycles. The number of carbonyl (C=O) groups is 3.